The molecular weight excluding hydrogens is 206 g/mol. The molecule has 0 bridgehead atoms. The van der Waals surface area contributed by atoms with Crippen LogP contribution in [0.5, 0.6) is 0 Å². The fraction of sp³-hybridized carbons (Fsp3) is 0.429. The number of primary amides is 1. The highest BCUT2D eigenvalue weighted by Gasteiger charge is 2.17. The van der Waals surface area contributed by atoms with Crippen LogP contribution in [0.25, 0.3) is 0 Å². The van der Waals surface area contributed by atoms with Crippen LogP contribution in [0.3, 0.4) is 0 Å². The summed E-state index contributed by atoms with van der Waals surface area (Å²) < 4.78 is 0. The molecule has 2 amide bonds. The molecule has 1 heterocycles. The predicted octanol–water partition coefficient (Wildman–Crippen LogP) is 0.0284. The summed E-state index contributed by atoms with van der Waals surface area (Å²) in [6.45, 7) is 1.88. The summed E-state index contributed by atoms with van der Waals surface area (Å²) in [7, 11) is 0. The van der Waals surface area contributed by atoms with E-state index in [9.17, 15) is 9.59 Å². The van der Waals surface area contributed by atoms with Gasteiger partial charge in [-0.3, -0.25) is 4.79 Å². The maximum absolute atomic E-state index is 11.0. The summed E-state index contributed by atoms with van der Waals surface area (Å²) in [6, 6.07) is 0. The second kappa shape index (κ2) is 4.75. The van der Waals surface area contributed by atoms with Crippen molar-refractivity contribution in [1.82, 2.24) is 10.8 Å². The third kappa shape index (κ3) is 2.84. The smallest absolute Gasteiger partial charge is 0.333 e. The number of thioether (sulfide) groups is 1. The number of hydrogen-bond donors (Lipinski definition) is 3. The third-order valence-corrected chi connectivity index (χ3v) is 2.53. The topological polar surface area (TPSA) is 93.4 Å². The Balaban J connectivity index is 2.62. The SMILES string of the molecule is CCC1=C(NOC(N)=O)SCC(=O)N1. The second-order valence-electron chi connectivity index (χ2n) is 2.52. The Bertz CT molecular complexity index is 290. The average Bonchev–Trinajstić information content (AvgIpc) is 2.15. The van der Waals surface area contributed by atoms with Gasteiger partial charge >= 0.3 is 6.09 Å². The van der Waals surface area contributed by atoms with E-state index in [1.54, 1.807) is 0 Å². The summed E-state index contributed by atoms with van der Waals surface area (Å²) in [6.07, 6.45) is -0.270. The quantitative estimate of drug-likeness (QED) is 0.580. The second-order valence-corrected chi connectivity index (χ2v) is 3.51. The van der Waals surface area contributed by atoms with Crippen molar-refractivity contribution >= 4 is 23.8 Å². The highest BCUT2D eigenvalue weighted by atomic mass is 32.2. The van der Waals surface area contributed by atoms with Gasteiger partial charge in [-0.15, -0.1) is 0 Å². The number of allylic oxidation sites excluding steroid dienone is 1. The van der Waals surface area contributed by atoms with Gasteiger partial charge in [0.05, 0.1) is 11.4 Å². The summed E-state index contributed by atoms with van der Waals surface area (Å²) >= 11 is 1.27. The minimum atomic E-state index is -0.912. The van der Waals surface area contributed by atoms with Crippen LogP contribution in [0.15, 0.2) is 10.7 Å². The molecular formula is C7H11N3O3S. The molecule has 14 heavy (non-hydrogen) atoms. The van der Waals surface area contributed by atoms with Gasteiger partial charge in [0.25, 0.3) is 0 Å². The van der Waals surface area contributed by atoms with Crippen molar-refractivity contribution in [2.24, 2.45) is 5.73 Å². The van der Waals surface area contributed by atoms with Crippen LogP contribution in [0.4, 0.5) is 4.79 Å². The number of rotatable bonds is 3. The van der Waals surface area contributed by atoms with Crippen molar-refractivity contribution < 1.29 is 14.4 Å². The molecule has 0 aliphatic carbocycles. The van der Waals surface area contributed by atoms with Crippen molar-refractivity contribution in [3.8, 4) is 0 Å². The first-order valence-corrected chi connectivity index (χ1v) is 5.00. The molecule has 0 aromatic carbocycles. The fourth-order valence-electron chi connectivity index (χ4n) is 0.923. The van der Waals surface area contributed by atoms with Gasteiger partial charge in [-0.25, -0.2) is 10.3 Å². The average molecular weight is 217 g/mol. The molecule has 1 aliphatic rings. The zero-order valence-corrected chi connectivity index (χ0v) is 8.44. The van der Waals surface area contributed by atoms with Crippen molar-refractivity contribution in [3.05, 3.63) is 10.7 Å². The Morgan fingerprint density at radius 2 is 2.50 bits per heavy atom. The molecule has 0 radical (unpaired) electrons. The van der Waals surface area contributed by atoms with Crippen LogP contribution >= 0.6 is 11.8 Å². The van der Waals surface area contributed by atoms with E-state index in [-0.39, 0.29) is 5.91 Å². The Hall–Kier alpha value is -1.37. The molecule has 0 spiro atoms. The van der Waals surface area contributed by atoms with Crippen LogP contribution in [-0.2, 0) is 9.63 Å². The van der Waals surface area contributed by atoms with E-state index in [0.717, 1.165) is 0 Å². The van der Waals surface area contributed by atoms with E-state index in [1.807, 2.05) is 6.92 Å². The molecule has 1 rings (SSSR count). The zero-order chi connectivity index (χ0) is 10.6. The van der Waals surface area contributed by atoms with E-state index in [2.05, 4.69) is 15.6 Å². The summed E-state index contributed by atoms with van der Waals surface area (Å²) in [5.74, 6) is 0.241. The Kier molecular flexibility index (Phi) is 3.63. The van der Waals surface area contributed by atoms with Crippen molar-refractivity contribution in [2.75, 3.05) is 5.75 Å². The Labute approximate surface area is 85.2 Å². The third-order valence-electron chi connectivity index (χ3n) is 1.51. The minimum absolute atomic E-state index is 0.0588. The first-order valence-electron chi connectivity index (χ1n) is 4.01. The molecule has 4 N–H and O–H groups in total. The molecule has 0 unspecified atom stereocenters. The van der Waals surface area contributed by atoms with E-state index < -0.39 is 6.09 Å². The Morgan fingerprint density at radius 1 is 1.79 bits per heavy atom. The first-order chi connectivity index (χ1) is 6.63. The Morgan fingerprint density at radius 3 is 3.07 bits per heavy atom. The maximum Gasteiger partial charge on any atom is 0.428 e. The van der Waals surface area contributed by atoms with Gasteiger partial charge in [-0.2, -0.15) is 0 Å². The van der Waals surface area contributed by atoms with E-state index >= 15 is 0 Å². The zero-order valence-electron chi connectivity index (χ0n) is 7.62. The van der Waals surface area contributed by atoms with E-state index in [0.29, 0.717) is 22.9 Å². The number of carbonyl (C=O) groups is 2. The van der Waals surface area contributed by atoms with Crippen LogP contribution < -0.4 is 16.5 Å². The number of hydroxylamine groups is 1. The normalized spacial score (nSPS) is 16.2. The molecule has 0 atom stereocenters. The van der Waals surface area contributed by atoms with Crippen LogP contribution in [0, 0.1) is 0 Å². The molecule has 0 aromatic rings. The van der Waals surface area contributed by atoms with Gasteiger partial charge in [-0.1, -0.05) is 18.7 Å². The largest absolute Gasteiger partial charge is 0.428 e. The number of hydrogen-bond acceptors (Lipinski definition) is 5. The predicted molar refractivity (Wildman–Crippen MR) is 51.7 cm³/mol. The van der Waals surface area contributed by atoms with Crippen LogP contribution in [0.2, 0.25) is 0 Å². The number of amides is 2. The molecule has 0 fully saturated rings. The van der Waals surface area contributed by atoms with Gasteiger partial charge < -0.3 is 15.9 Å². The number of nitrogens with two attached hydrogens (primary N) is 1. The number of carbonyl (C=O) groups excluding carboxylic acids is 2. The maximum atomic E-state index is 11.0. The minimum Gasteiger partial charge on any atom is -0.333 e. The van der Waals surface area contributed by atoms with Crippen molar-refractivity contribution in [3.63, 3.8) is 0 Å². The van der Waals surface area contributed by atoms with E-state index in [4.69, 9.17) is 5.73 Å². The van der Waals surface area contributed by atoms with E-state index in [1.165, 1.54) is 11.8 Å². The standard InChI is InChI=1S/C7H11N3O3S/c1-2-4-6(10-13-7(8)12)14-3-5(11)9-4/h10H,2-3H2,1H3,(H2,8,12)(H,9,11). The van der Waals surface area contributed by atoms with Crippen molar-refractivity contribution in [1.29, 1.82) is 0 Å². The summed E-state index contributed by atoms with van der Waals surface area (Å²) in [5, 5.41) is 3.28. The lowest BCUT2D eigenvalue weighted by molar-refractivity contribution is -0.118. The summed E-state index contributed by atoms with van der Waals surface area (Å²) in [5.41, 5.74) is 7.88. The van der Waals surface area contributed by atoms with Gasteiger partial charge in [0.15, 0.2) is 0 Å². The molecule has 6 nitrogen and oxygen atoms in total. The lowest BCUT2D eigenvalue weighted by Gasteiger charge is -2.19. The molecule has 0 aromatic heterocycles. The highest BCUT2D eigenvalue weighted by molar-refractivity contribution is 8.03. The lowest BCUT2D eigenvalue weighted by atomic mass is 10.3. The first kappa shape index (κ1) is 10.7. The number of nitrogens with one attached hydrogen (secondary N) is 2. The lowest BCUT2D eigenvalue weighted by Crippen LogP contribution is -2.34. The molecule has 78 valence electrons. The molecule has 0 saturated carbocycles. The monoisotopic (exact) mass is 217 g/mol. The molecule has 7 heteroatoms. The van der Waals surface area contributed by atoms with Crippen LogP contribution in [0.1, 0.15) is 13.3 Å². The molecule has 0 saturated heterocycles. The van der Waals surface area contributed by atoms with Crippen LogP contribution in [-0.4, -0.2) is 17.8 Å². The van der Waals surface area contributed by atoms with Gasteiger partial charge in [0, 0.05) is 0 Å². The van der Waals surface area contributed by atoms with Gasteiger partial charge in [0.2, 0.25) is 5.91 Å². The highest BCUT2D eigenvalue weighted by Crippen LogP contribution is 2.21. The summed E-state index contributed by atoms with van der Waals surface area (Å²) in [4.78, 5) is 25.7. The fourth-order valence-corrected chi connectivity index (χ4v) is 1.74. The van der Waals surface area contributed by atoms with Crippen molar-refractivity contribution in [2.45, 2.75) is 13.3 Å². The molecule has 1 aliphatic heterocycles. The van der Waals surface area contributed by atoms with Gasteiger partial charge in [-0.05, 0) is 6.42 Å². The van der Waals surface area contributed by atoms with Gasteiger partial charge in [0.1, 0.15) is 5.03 Å².